The van der Waals surface area contributed by atoms with E-state index in [1.165, 1.54) is 0 Å². The largest absolute Gasteiger partial charge is 0.381 e. The molecule has 5 nitrogen and oxygen atoms in total. The van der Waals surface area contributed by atoms with Gasteiger partial charge in [0.2, 0.25) is 11.8 Å². The van der Waals surface area contributed by atoms with Gasteiger partial charge in [0.15, 0.2) is 0 Å². The van der Waals surface area contributed by atoms with Gasteiger partial charge in [0.05, 0.1) is 6.54 Å². The summed E-state index contributed by atoms with van der Waals surface area (Å²) in [5.41, 5.74) is 0.852. The Kier molecular flexibility index (Phi) is 5.75. The lowest BCUT2D eigenvalue weighted by atomic mass is 9.99. The van der Waals surface area contributed by atoms with E-state index < -0.39 is 0 Å². The highest BCUT2D eigenvalue weighted by Crippen LogP contribution is 2.15. The molecule has 2 rings (SSSR count). The quantitative estimate of drug-likeness (QED) is 0.895. The summed E-state index contributed by atoms with van der Waals surface area (Å²) >= 11 is 0. The molecular weight excluding hydrogens is 268 g/mol. The Bertz CT molecular complexity index is 470. The first-order chi connectivity index (χ1) is 10.2. The van der Waals surface area contributed by atoms with Crippen LogP contribution in [0.25, 0.3) is 0 Å². The fraction of sp³-hybridized carbons (Fsp3) is 0.500. The van der Waals surface area contributed by atoms with Gasteiger partial charge < -0.3 is 15.0 Å². The third-order valence-corrected chi connectivity index (χ3v) is 3.69. The van der Waals surface area contributed by atoms with Gasteiger partial charge in [-0.2, -0.15) is 0 Å². The van der Waals surface area contributed by atoms with Gasteiger partial charge in [-0.3, -0.25) is 9.59 Å². The Hall–Kier alpha value is -1.88. The van der Waals surface area contributed by atoms with Crippen molar-refractivity contribution in [1.29, 1.82) is 0 Å². The molecule has 114 valence electrons. The number of hydrogen-bond donors (Lipinski definition) is 1. The Balaban J connectivity index is 1.86. The number of anilines is 1. The van der Waals surface area contributed by atoms with E-state index in [1.807, 2.05) is 37.3 Å². The standard InChI is InChI=1S/C16H22N2O3/c1-2-18(14-6-4-3-5-7-14)15(19)12-17-16(20)13-8-10-21-11-9-13/h3-7,13H,2,8-12H2,1H3,(H,17,20). The Morgan fingerprint density at radius 1 is 1.24 bits per heavy atom. The molecule has 1 saturated heterocycles. The molecule has 1 aromatic carbocycles. The molecule has 1 heterocycles. The van der Waals surface area contributed by atoms with Gasteiger partial charge in [-0.05, 0) is 31.9 Å². The minimum absolute atomic E-state index is 0.0293. The third-order valence-electron chi connectivity index (χ3n) is 3.69. The Labute approximate surface area is 125 Å². The molecule has 1 aliphatic heterocycles. The molecule has 1 N–H and O–H groups in total. The summed E-state index contributed by atoms with van der Waals surface area (Å²) in [6.07, 6.45) is 1.46. The normalized spacial score (nSPS) is 15.5. The zero-order valence-corrected chi connectivity index (χ0v) is 12.4. The number of rotatable bonds is 5. The van der Waals surface area contributed by atoms with Gasteiger partial charge >= 0.3 is 0 Å². The third kappa shape index (κ3) is 4.29. The first-order valence-electron chi connectivity index (χ1n) is 7.43. The molecule has 0 radical (unpaired) electrons. The topological polar surface area (TPSA) is 58.6 Å². The molecule has 2 amide bonds. The second-order valence-corrected chi connectivity index (χ2v) is 5.08. The SMILES string of the molecule is CCN(C(=O)CNC(=O)C1CCOCC1)c1ccccc1. The lowest BCUT2D eigenvalue weighted by Gasteiger charge is -2.23. The molecule has 1 aromatic rings. The predicted molar refractivity (Wildman–Crippen MR) is 81.0 cm³/mol. The number of ether oxygens (including phenoxy) is 1. The van der Waals surface area contributed by atoms with Crippen LogP contribution in [0.2, 0.25) is 0 Å². The summed E-state index contributed by atoms with van der Waals surface area (Å²) in [6, 6.07) is 9.48. The van der Waals surface area contributed by atoms with Gasteiger partial charge in [0.1, 0.15) is 0 Å². The van der Waals surface area contributed by atoms with E-state index in [2.05, 4.69) is 5.32 Å². The van der Waals surface area contributed by atoms with Crippen molar-refractivity contribution in [3.05, 3.63) is 30.3 Å². The summed E-state index contributed by atoms with van der Waals surface area (Å²) in [6.45, 7) is 3.79. The first kappa shape index (κ1) is 15.5. The molecular formula is C16H22N2O3. The Morgan fingerprint density at radius 3 is 2.52 bits per heavy atom. The maximum absolute atomic E-state index is 12.2. The maximum atomic E-state index is 12.2. The highest BCUT2D eigenvalue weighted by Gasteiger charge is 2.22. The molecule has 5 heteroatoms. The van der Waals surface area contributed by atoms with Crippen LogP contribution in [0.5, 0.6) is 0 Å². The molecule has 1 fully saturated rings. The van der Waals surface area contributed by atoms with Gasteiger partial charge in [0, 0.05) is 31.4 Å². The number of para-hydroxylation sites is 1. The molecule has 0 bridgehead atoms. The predicted octanol–water partition coefficient (Wildman–Crippen LogP) is 1.58. The number of nitrogens with zero attached hydrogens (tertiary/aromatic N) is 1. The Morgan fingerprint density at radius 2 is 1.90 bits per heavy atom. The van der Waals surface area contributed by atoms with Crippen molar-refractivity contribution in [2.24, 2.45) is 5.92 Å². The average Bonchev–Trinajstić information content (AvgIpc) is 2.55. The van der Waals surface area contributed by atoms with Crippen LogP contribution in [0, 0.1) is 5.92 Å². The van der Waals surface area contributed by atoms with Crippen molar-refractivity contribution < 1.29 is 14.3 Å². The number of amides is 2. The van der Waals surface area contributed by atoms with E-state index in [0.29, 0.717) is 19.8 Å². The highest BCUT2D eigenvalue weighted by atomic mass is 16.5. The monoisotopic (exact) mass is 290 g/mol. The van der Waals surface area contributed by atoms with Crippen LogP contribution in [0.1, 0.15) is 19.8 Å². The molecule has 21 heavy (non-hydrogen) atoms. The summed E-state index contributed by atoms with van der Waals surface area (Å²) in [4.78, 5) is 25.9. The van der Waals surface area contributed by atoms with Crippen molar-refractivity contribution in [2.75, 3.05) is 31.2 Å². The summed E-state index contributed by atoms with van der Waals surface area (Å²) in [7, 11) is 0. The van der Waals surface area contributed by atoms with Crippen LogP contribution in [-0.2, 0) is 14.3 Å². The summed E-state index contributed by atoms with van der Waals surface area (Å²) in [5.74, 6) is -0.168. The van der Waals surface area contributed by atoms with Crippen molar-refractivity contribution >= 4 is 17.5 Å². The van der Waals surface area contributed by atoms with Crippen LogP contribution < -0.4 is 10.2 Å². The summed E-state index contributed by atoms with van der Waals surface area (Å²) < 4.78 is 5.23. The molecule has 0 saturated carbocycles. The lowest BCUT2D eigenvalue weighted by Crippen LogP contribution is -2.43. The van der Waals surface area contributed by atoms with E-state index in [4.69, 9.17) is 4.74 Å². The van der Waals surface area contributed by atoms with Crippen molar-refractivity contribution in [3.63, 3.8) is 0 Å². The molecule has 0 aliphatic carbocycles. The average molecular weight is 290 g/mol. The van der Waals surface area contributed by atoms with Gasteiger partial charge in [-0.1, -0.05) is 18.2 Å². The number of carbonyl (C=O) groups is 2. The molecule has 0 unspecified atom stereocenters. The number of benzene rings is 1. The smallest absolute Gasteiger partial charge is 0.246 e. The molecule has 0 atom stereocenters. The van der Waals surface area contributed by atoms with E-state index >= 15 is 0 Å². The molecule has 0 aromatic heterocycles. The van der Waals surface area contributed by atoms with E-state index in [1.54, 1.807) is 4.90 Å². The molecule has 0 spiro atoms. The van der Waals surface area contributed by atoms with E-state index in [-0.39, 0.29) is 24.3 Å². The van der Waals surface area contributed by atoms with Crippen LogP contribution in [-0.4, -0.2) is 38.1 Å². The van der Waals surface area contributed by atoms with Crippen LogP contribution in [0.15, 0.2) is 30.3 Å². The first-order valence-corrected chi connectivity index (χ1v) is 7.43. The second-order valence-electron chi connectivity index (χ2n) is 5.08. The highest BCUT2D eigenvalue weighted by molar-refractivity contribution is 5.96. The fourth-order valence-electron chi connectivity index (χ4n) is 2.47. The van der Waals surface area contributed by atoms with Crippen molar-refractivity contribution in [2.45, 2.75) is 19.8 Å². The molecule has 1 aliphatic rings. The van der Waals surface area contributed by atoms with E-state index in [0.717, 1.165) is 18.5 Å². The lowest BCUT2D eigenvalue weighted by molar-refractivity contribution is -0.130. The zero-order valence-electron chi connectivity index (χ0n) is 12.4. The van der Waals surface area contributed by atoms with Crippen molar-refractivity contribution in [1.82, 2.24) is 5.32 Å². The minimum Gasteiger partial charge on any atom is -0.381 e. The van der Waals surface area contributed by atoms with Crippen LogP contribution >= 0.6 is 0 Å². The fourth-order valence-corrected chi connectivity index (χ4v) is 2.47. The number of nitrogens with one attached hydrogen (secondary N) is 1. The maximum Gasteiger partial charge on any atom is 0.246 e. The minimum atomic E-state index is -0.0934. The zero-order chi connectivity index (χ0) is 15.1. The number of likely N-dealkylation sites (N-methyl/N-ethyl adjacent to an activating group) is 1. The van der Waals surface area contributed by atoms with Crippen LogP contribution in [0.4, 0.5) is 5.69 Å². The van der Waals surface area contributed by atoms with Gasteiger partial charge in [-0.25, -0.2) is 0 Å². The van der Waals surface area contributed by atoms with Gasteiger partial charge in [-0.15, -0.1) is 0 Å². The summed E-state index contributed by atoms with van der Waals surface area (Å²) in [5, 5.41) is 2.75. The number of carbonyl (C=O) groups excluding carboxylic acids is 2. The van der Waals surface area contributed by atoms with Gasteiger partial charge in [0.25, 0.3) is 0 Å². The van der Waals surface area contributed by atoms with Crippen LogP contribution in [0.3, 0.4) is 0 Å². The van der Waals surface area contributed by atoms with Crippen molar-refractivity contribution in [3.8, 4) is 0 Å². The second kappa shape index (κ2) is 7.78. The number of hydrogen-bond acceptors (Lipinski definition) is 3. The van der Waals surface area contributed by atoms with E-state index in [9.17, 15) is 9.59 Å².